The van der Waals surface area contributed by atoms with E-state index in [9.17, 15) is 25.2 Å². The lowest BCUT2D eigenvalue weighted by molar-refractivity contribution is -0.263. The van der Waals surface area contributed by atoms with Crippen LogP contribution in [0.4, 0.5) is 0 Å². The van der Waals surface area contributed by atoms with Gasteiger partial charge in [-0.3, -0.25) is 0 Å². The topological polar surface area (TPSA) is 158 Å². The molecule has 3 aliphatic carbocycles. The van der Waals surface area contributed by atoms with Gasteiger partial charge in [-0.05, 0) is 99.0 Å². The fraction of sp³-hybridized carbons (Fsp3) is 0.434. The molecule has 0 bridgehead atoms. The minimum absolute atomic E-state index is 0.0272. The minimum Gasteiger partial charge on any atom is -0.408 e. The maximum absolute atomic E-state index is 15.2. The Hall–Kier alpha value is -4.75. The van der Waals surface area contributed by atoms with Gasteiger partial charge in [-0.2, -0.15) is 4.68 Å². The summed E-state index contributed by atoms with van der Waals surface area (Å²) in [6.07, 6.45) is -0.0424. The Morgan fingerprint density at radius 2 is 1.24 bits per heavy atom. The van der Waals surface area contributed by atoms with Crippen LogP contribution in [0.5, 0.6) is 0 Å². The predicted octanol–water partition coefficient (Wildman–Crippen LogP) is 7.30. The number of aliphatic hydroxyl groups excluding tert-OH is 3. The van der Waals surface area contributed by atoms with Gasteiger partial charge in [0.25, 0.3) is 0 Å². The molecule has 9 atom stereocenters. The lowest BCUT2D eigenvalue weighted by Gasteiger charge is -2.59. The van der Waals surface area contributed by atoms with E-state index >= 15 is 4.79 Å². The van der Waals surface area contributed by atoms with Crippen LogP contribution >= 0.6 is 0 Å². The van der Waals surface area contributed by atoms with E-state index in [1.807, 2.05) is 137 Å². The number of hydrogen-bond acceptors (Lipinski definition) is 9. The Labute approximate surface area is 395 Å². The van der Waals surface area contributed by atoms with Gasteiger partial charge in [-0.25, -0.2) is 18.8 Å². The zero-order chi connectivity index (χ0) is 48.3. The number of fused-ring (bicyclic) bond motifs is 3. The van der Waals surface area contributed by atoms with Crippen LogP contribution in [0.3, 0.4) is 0 Å². The number of nitrogens with zero attached hydrogens (tertiary/aromatic N) is 3. The maximum Gasteiger partial charge on any atom is 0.354 e. The highest BCUT2D eigenvalue weighted by Gasteiger charge is 2.70. The molecule has 8 rings (SSSR count). The lowest BCUT2D eigenvalue weighted by atomic mass is 9.57. The first-order valence-corrected chi connectivity index (χ1v) is 30.3. The molecule has 1 saturated carbocycles. The van der Waals surface area contributed by atoms with Crippen LogP contribution in [0.2, 0.25) is 39.3 Å². The molecule has 1 heterocycles. The highest BCUT2D eigenvalue weighted by Crippen LogP contribution is 2.60. The summed E-state index contributed by atoms with van der Waals surface area (Å²) in [5, 5.41) is 51.1. The second kappa shape index (κ2) is 18.0. The van der Waals surface area contributed by atoms with Crippen LogP contribution in [0.15, 0.2) is 154 Å². The summed E-state index contributed by atoms with van der Waals surface area (Å²) in [5.41, 5.74) is -3.45. The van der Waals surface area contributed by atoms with Crippen LogP contribution < -0.4 is 11.4 Å². The quantitative estimate of drug-likeness (QED) is 0.0510. The molecule has 4 unspecified atom stereocenters. The second-order valence-corrected chi connectivity index (χ2v) is 29.9. The Bertz CT molecular complexity index is 2630. The molecule has 0 spiro atoms. The third-order valence-electron chi connectivity index (χ3n) is 13.8. The number of benzene rings is 4. The molecule has 14 heteroatoms. The van der Waals surface area contributed by atoms with Crippen molar-refractivity contribution in [3.63, 3.8) is 0 Å². The Balaban J connectivity index is 1.39. The van der Waals surface area contributed by atoms with Gasteiger partial charge in [0.2, 0.25) is 0 Å². The number of aliphatic hydroxyl groups is 4. The summed E-state index contributed by atoms with van der Waals surface area (Å²) >= 11 is 0. The van der Waals surface area contributed by atoms with E-state index in [1.165, 1.54) is 16.3 Å². The normalized spacial score (nSPS) is 28.2. The van der Waals surface area contributed by atoms with Crippen molar-refractivity contribution in [3.8, 4) is 5.69 Å². The molecule has 0 aliphatic heterocycles. The summed E-state index contributed by atoms with van der Waals surface area (Å²) in [5.74, 6) is -2.78. The van der Waals surface area contributed by atoms with E-state index in [1.54, 1.807) is 30.3 Å². The van der Waals surface area contributed by atoms with Crippen molar-refractivity contribution in [1.82, 2.24) is 13.9 Å². The van der Waals surface area contributed by atoms with Crippen LogP contribution in [0, 0.1) is 17.8 Å². The molecule has 4 N–H and O–H groups in total. The van der Waals surface area contributed by atoms with Gasteiger partial charge in [0.15, 0.2) is 22.4 Å². The highest BCUT2D eigenvalue weighted by atomic mass is 28.4. The fourth-order valence-electron chi connectivity index (χ4n) is 11.5. The number of ether oxygens (including phenoxy) is 1. The fourth-order valence-corrected chi connectivity index (χ4v) is 14.3. The summed E-state index contributed by atoms with van der Waals surface area (Å²) in [4.78, 5) is 29.8. The van der Waals surface area contributed by atoms with Gasteiger partial charge in [0.05, 0.1) is 36.1 Å². The minimum atomic E-state index is -2.81. The zero-order valence-corrected chi connectivity index (χ0v) is 42.2. The Morgan fingerprint density at radius 3 is 1.72 bits per heavy atom. The molecule has 1 aromatic heterocycles. The number of aromatic nitrogens is 3. The molecule has 1 fully saturated rings. The van der Waals surface area contributed by atoms with Crippen molar-refractivity contribution >= 4 is 16.6 Å². The van der Waals surface area contributed by atoms with Crippen LogP contribution in [0.25, 0.3) is 5.69 Å². The average Bonchev–Trinajstić information content (AvgIpc) is 3.62. The molecule has 0 radical (unpaired) electrons. The highest BCUT2D eigenvalue weighted by molar-refractivity contribution is 6.70. The maximum atomic E-state index is 15.2. The van der Waals surface area contributed by atoms with E-state index < -0.39 is 86.6 Å². The molecule has 4 aromatic carbocycles. The second-order valence-electron chi connectivity index (χ2n) is 21.0. The van der Waals surface area contributed by atoms with Crippen molar-refractivity contribution in [1.29, 1.82) is 0 Å². The summed E-state index contributed by atoms with van der Waals surface area (Å²) in [6.45, 7) is 17.0. The first kappa shape index (κ1) is 48.7. The Morgan fingerprint density at radius 1 is 0.746 bits per heavy atom. The average molecular weight is 946 g/mol. The molecular weight excluding hydrogens is 879 g/mol. The monoisotopic (exact) mass is 945 g/mol. The SMILES string of the molecule is CC1=C[C@H]2[C@@]3(O)[C@H](C)CC(O[Si](C)(C)C)(n4c(=O)n(-c5ccccc5)c(=O)n4CC(C)O)C(O)[C@@H]3C=C(COC(c3ccccc3)(c3ccccc3)c3ccccc3)C[C@]2(O[Si](C)(C)C)C1O. The largest absolute Gasteiger partial charge is 0.408 e. The molecule has 0 saturated heterocycles. The number of para-hydroxylation sites is 1. The Kier molecular flexibility index (Phi) is 13.1. The van der Waals surface area contributed by atoms with E-state index in [0.717, 1.165) is 21.3 Å². The lowest BCUT2D eigenvalue weighted by Crippen LogP contribution is -2.72. The van der Waals surface area contributed by atoms with Gasteiger partial charge in [0.1, 0.15) is 17.8 Å². The molecule has 356 valence electrons. The van der Waals surface area contributed by atoms with E-state index in [4.69, 9.17) is 13.6 Å². The molecule has 12 nitrogen and oxygen atoms in total. The summed E-state index contributed by atoms with van der Waals surface area (Å²) in [6, 6.07) is 38.6. The van der Waals surface area contributed by atoms with E-state index in [2.05, 4.69) is 19.6 Å². The van der Waals surface area contributed by atoms with Crippen LogP contribution in [-0.2, 0) is 31.5 Å². The summed E-state index contributed by atoms with van der Waals surface area (Å²) < 4.78 is 25.4. The van der Waals surface area contributed by atoms with Crippen molar-refractivity contribution in [2.45, 2.75) is 120 Å². The number of rotatable bonds is 14. The van der Waals surface area contributed by atoms with Gasteiger partial charge in [0, 0.05) is 24.7 Å². The van der Waals surface area contributed by atoms with Crippen molar-refractivity contribution < 1.29 is 34.0 Å². The van der Waals surface area contributed by atoms with Gasteiger partial charge in [-0.15, -0.1) is 0 Å². The molecule has 5 aromatic rings. The first-order chi connectivity index (χ1) is 31.6. The van der Waals surface area contributed by atoms with E-state index in [0.29, 0.717) is 16.8 Å². The predicted molar refractivity (Wildman–Crippen MR) is 265 cm³/mol. The van der Waals surface area contributed by atoms with Crippen molar-refractivity contribution in [2.75, 3.05) is 6.61 Å². The molecule has 67 heavy (non-hydrogen) atoms. The standard InChI is InChI=1S/C53H67N3O9Si2/c1-36-30-45-50(46(36)58,64-66(4,5)6)33-39(35-63-53(40-22-14-10-15-23-40,41-24-16-11-17-25-41)42-26-18-12-19-27-42)31-44-47(59)51(65-67(7,8)9,32-37(2)52(44,45)62)56-49(61)55(43-28-20-13-21-29-43)48(60)54(56)34-38(3)57/h10-31,37-38,44-47,57-59,62H,32-35H2,1-9H3/t37-,38?,44+,45-,46?,47?,50-,51?,52-/m1/s1. The molecule has 3 aliphatic rings. The van der Waals surface area contributed by atoms with Crippen LogP contribution in [0.1, 0.15) is 50.3 Å². The van der Waals surface area contributed by atoms with Crippen molar-refractivity contribution in [3.05, 3.63) is 182 Å². The number of hydrogen-bond donors (Lipinski definition) is 4. The van der Waals surface area contributed by atoms with Gasteiger partial charge in [-0.1, -0.05) is 128 Å². The molecular formula is C53H67N3O9Si2. The molecule has 0 amide bonds. The van der Waals surface area contributed by atoms with Crippen LogP contribution in [-0.4, -0.2) is 87.1 Å². The third-order valence-corrected chi connectivity index (χ3v) is 15.8. The van der Waals surface area contributed by atoms with E-state index in [-0.39, 0.29) is 26.0 Å². The van der Waals surface area contributed by atoms with Crippen molar-refractivity contribution in [2.24, 2.45) is 17.8 Å². The van der Waals surface area contributed by atoms with Gasteiger partial charge < -0.3 is 34.0 Å². The first-order valence-electron chi connectivity index (χ1n) is 23.4. The smallest absolute Gasteiger partial charge is 0.354 e. The van der Waals surface area contributed by atoms with Gasteiger partial charge >= 0.3 is 11.4 Å². The third kappa shape index (κ3) is 8.48. The zero-order valence-electron chi connectivity index (χ0n) is 40.2. The summed E-state index contributed by atoms with van der Waals surface area (Å²) in [7, 11) is -5.36.